The molecule has 2 aromatic heterocycles. The SMILES string of the molecule is CNc1nc(-c2ccc(Br)c3cccnc23)nc(C)c1C. The Hall–Kier alpha value is -2.01. The van der Waals surface area contributed by atoms with Crippen LogP contribution in [0.2, 0.25) is 0 Å². The van der Waals surface area contributed by atoms with Gasteiger partial charge >= 0.3 is 0 Å². The average Bonchev–Trinajstić information content (AvgIpc) is 2.51. The average molecular weight is 343 g/mol. The van der Waals surface area contributed by atoms with Gasteiger partial charge in [0, 0.05) is 39.9 Å². The molecule has 0 fully saturated rings. The molecule has 4 nitrogen and oxygen atoms in total. The normalized spacial score (nSPS) is 10.9. The number of aryl methyl sites for hydroxylation is 1. The second-order valence-corrected chi connectivity index (χ2v) is 5.71. The van der Waals surface area contributed by atoms with Crippen molar-refractivity contribution in [3.05, 3.63) is 46.2 Å². The first-order valence-electron chi connectivity index (χ1n) is 6.68. The molecule has 0 unspecified atom stereocenters. The van der Waals surface area contributed by atoms with E-state index < -0.39 is 0 Å². The van der Waals surface area contributed by atoms with E-state index in [0.29, 0.717) is 5.82 Å². The molecule has 0 aliphatic heterocycles. The minimum atomic E-state index is 0.693. The van der Waals surface area contributed by atoms with Crippen molar-refractivity contribution >= 4 is 32.7 Å². The number of anilines is 1. The van der Waals surface area contributed by atoms with Crippen molar-refractivity contribution in [2.24, 2.45) is 0 Å². The summed E-state index contributed by atoms with van der Waals surface area (Å²) in [6.07, 6.45) is 1.79. The molecule has 1 N–H and O–H groups in total. The third-order valence-electron chi connectivity index (χ3n) is 3.58. The monoisotopic (exact) mass is 342 g/mol. The van der Waals surface area contributed by atoms with Crippen LogP contribution in [0.1, 0.15) is 11.3 Å². The summed E-state index contributed by atoms with van der Waals surface area (Å²) >= 11 is 3.56. The number of hydrogen-bond donors (Lipinski definition) is 1. The first kappa shape index (κ1) is 13.9. The summed E-state index contributed by atoms with van der Waals surface area (Å²) in [5, 5.41) is 4.18. The van der Waals surface area contributed by atoms with Crippen LogP contribution < -0.4 is 5.32 Å². The standard InChI is InChI=1S/C16H15BrN4/c1-9-10(2)20-16(21-15(9)18-3)12-6-7-13(17)11-5-4-8-19-14(11)12/h4-8H,1-3H3,(H,18,20,21). The molecule has 1 aromatic carbocycles. The first-order chi connectivity index (χ1) is 10.1. The lowest BCUT2D eigenvalue weighted by Crippen LogP contribution is -2.03. The summed E-state index contributed by atoms with van der Waals surface area (Å²) in [5.41, 5.74) is 3.87. The Morgan fingerprint density at radius 3 is 2.67 bits per heavy atom. The highest BCUT2D eigenvalue weighted by molar-refractivity contribution is 9.10. The maximum Gasteiger partial charge on any atom is 0.163 e. The van der Waals surface area contributed by atoms with E-state index in [4.69, 9.17) is 0 Å². The lowest BCUT2D eigenvalue weighted by Gasteiger charge is -2.11. The summed E-state index contributed by atoms with van der Waals surface area (Å²) in [7, 11) is 1.87. The second kappa shape index (κ2) is 5.41. The molecular formula is C16H15BrN4. The Morgan fingerprint density at radius 1 is 1.10 bits per heavy atom. The summed E-state index contributed by atoms with van der Waals surface area (Å²) in [6, 6.07) is 7.98. The minimum absolute atomic E-state index is 0.693. The molecule has 0 amide bonds. The Kier molecular flexibility index (Phi) is 3.59. The summed E-state index contributed by atoms with van der Waals surface area (Å²) in [6.45, 7) is 4.01. The van der Waals surface area contributed by atoms with E-state index in [-0.39, 0.29) is 0 Å². The third kappa shape index (κ3) is 2.38. The quantitative estimate of drug-likeness (QED) is 0.761. The number of benzene rings is 1. The van der Waals surface area contributed by atoms with Gasteiger partial charge in [0.2, 0.25) is 0 Å². The number of nitrogens with one attached hydrogen (secondary N) is 1. The van der Waals surface area contributed by atoms with Gasteiger partial charge in [0.05, 0.1) is 5.52 Å². The van der Waals surface area contributed by atoms with Gasteiger partial charge in [-0.15, -0.1) is 0 Å². The van der Waals surface area contributed by atoms with E-state index in [1.165, 1.54) is 0 Å². The molecule has 0 aliphatic carbocycles. The molecule has 21 heavy (non-hydrogen) atoms. The minimum Gasteiger partial charge on any atom is -0.373 e. The van der Waals surface area contributed by atoms with Crippen molar-refractivity contribution in [2.75, 3.05) is 12.4 Å². The van der Waals surface area contributed by atoms with Crippen molar-refractivity contribution in [1.82, 2.24) is 15.0 Å². The topological polar surface area (TPSA) is 50.7 Å². The van der Waals surface area contributed by atoms with Crippen molar-refractivity contribution in [2.45, 2.75) is 13.8 Å². The fourth-order valence-corrected chi connectivity index (χ4v) is 2.76. The predicted octanol–water partition coefficient (Wildman–Crippen LogP) is 4.11. The maximum atomic E-state index is 4.62. The highest BCUT2D eigenvalue weighted by Gasteiger charge is 2.13. The smallest absolute Gasteiger partial charge is 0.163 e. The number of rotatable bonds is 2. The van der Waals surface area contributed by atoms with Gasteiger partial charge in [-0.2, -0.15) is 0 Å². The van der Waals surface area contributed by atoms with E-state index in [0.717, 1.165) is 38.0 Å². The molecule has 0 saturated carbocycles. The zero-order valence-corrected chi connectivity index (χ0v) is 13.7. The zero-order chi connectivity index (χ0) is 15.0. The van der Waals surface area contributed by atoms with Crippen LogP contribution in [0.5, 0.6) is 0 Å². The second-order valence-electron chi connectivity index (χ2n) is 4.85. The zero-order valence-electron chi connectivity index (χ0n) is 12.1. The van der Waals surface area contributed by atoms with Gasteiger partial charge in [0.25, 0.3) is 0 Å². The molecule has 0 spiro atoms. The molecule has 3 rings (SSSR count). The first-order valence-corrected chi connectivity index (χ1v) is 7.47. The van der Waals surface area contributed by atoms with Crippen molar-refractivity contribution in [1.29, 1.82) is 0 Å². The number of fused-ring (bicyclic) bond motifs is 1. The van der Waals surface area contributed by atoms with E-state index in [1.807, 2.05) is 45.2 Å². The predicted molar refractivity (Wildman–Crippen MR) is 89.5 cm³/mol. The van der Waals surface area contributed by atoms with Gasteiger partial charge < -0.3 is 5.32 Å². The molecule has 0 atom stereocenters. The number of hydrogen-bond acceptors (Lipinski definition) is 4. The Balaban J connectivity index is 2.31. The number of nitrogens with zero attached hydrogens (tertiary/aromatic N) is 3. The van der Waals surface area contributed by atoms with Gasteiger partial charge in [0.15, 0.2) is 5.82 Å². The molecular weight excluding hydrogens is 328 g/mol. The Bertz CT molecular complexity index is 830. The van der Waals surface area contributed by atoms with Gasteiger partial charge in [-0.1, -0.05) is 22.0 Å². The van der Waals surface area contributed by atoms with Gasteiger partial charge in [0.1, 0.15) is 5.82 Å². The highest BCUT2D eigenvalue weighted by Crippen LogP contribution is 2.31. The van der Waals surface area contributed by atoms with Crippen molar-refractivity contribution in [3.8, 4) is 11.4 Å². The number of halogens is 1. The molecule has 3 aromatic rings. The van der Waals surface area contributed by atoms with E-state index >= 15 is 0 Å². The van der Waals surface area contributed by atoms with Crippen LogP contribution in [0.25, 0.3) is 22.3 Å². The van der Waals surface area contributed by atoms with Crippen LogP contribution in [-0.2, 0) is 0 Å². The fourth-order valence-electron chi connectivity index (χ4n) is 2.31. The number of aromatic nitrogens is 3. The van der Waals surface area contributed by atoms with Crippen molar-refractivity contribution < 1.29 is 0 Å². The third-order valence-corrected chi connectivity index (χ3v) is 4.27. The van der Waals surface area contributed by atoms with Crippen LogP contribution in [0.15, 0.2) is 34.9 Å². The van der Waals surface area contributed by atoms with Crippen LogP contribution >= 0.6 is 15.9 Å². The van der Waals surface area contributed by atoms with Crippen LogP contribution in [0.4, 0.5) is 5.82 Å². The van der Waals surface area contributed by atoms with E-state index in [2.05, 4.69) is 36.2 Å². The lowest BCUT2D eigenvalue weighted by atomic mass is 10.1. The largest absolute Gasteiger partial charge is 0.373 e. The maximum absolute atomic E-state index is 4.62. The van der Waals surface area contributed by atoms with Gasteiger partial charge in [-0.3, -0.25) is 4.98 Å². The van der Waals surface area contributed by atoms with Crippen LogP contribution in [-0.4, -0.2) is 22.0 Å². The van der Waals surface area contributed by atoms with Crippen LogP contribution in [0, 0.1) is 13.8 Å². The molecule has 0 bridgehead atoms. The molecule has 2 heterocycles. The summed E-state index contributed by atoms with van der Waals surface area (Å²) < 4.78 is 1.02. The Morgan fingerprint density at radius 2 is 1.90 bits per heavy atom. The van der Waals surface area contributed by atoms with Crippen molar-refractivity contribution in [3.63, 3.8) is 0 Å². The molecule has 106 valence electrons. The van der Waals surface area contributed by atoms with E-state index in [1.54, 1.807) is 6.20 Å². The van der Waals surface area contributed by atoms with Crippen LogP contribution in [0.3, 0.4) is 0 Å². The lowest BCUT2D eigenvalue weighted by molar-refractivity contribution is 1.07. The molecule has 0 aliphatic rings. The highest BCUT2D eigenvalue weighted by atomic mass is 79.9. The number of pyridine rings is 1. The molecule has 0 saturated heterocycles. The summed E-state index contributed by atoms with van der Waals surface area (Å²) in [5.74, 6) is 1.54. The van der Waals surface area contributed by atoms with E-state index in [9.17, 15) is 0 Å². The fraction of sp³-hybridized carbons (Fsp3) is 0.188. The summed E-state index contributed by atoms with van der Waals surface area (Å²) in [4.78, 5) is 13.7. The Labute approximate surface area is 131 Å². The molecule has 5 heteroatoms. The molecule has 0 radical (unpaired) electrons. The van der Waals surface area contributed by atoms with Gasteiger partial charge in [-0.25, -0.2) is 9.97 Å². The van der Waals surface area contributed by atoms with Gasteiger partial charge in [-0.05, 0) is 32.0 Å².